The number of methoxy groups -OCH3 is 1. The minimum Gasteiger partial charge on any atom is -0.465 e. The lowest BCUT2D eigenvalue weighted by Crippen LogP contribution is -2.12. The van der Waals surface area contributed by atoms with Gasteiger partial charge in [0.2, 0.25) is 0 Å². The summed E-state index contributed by atoms with van der Waals surface area (Å²) in [7, 11) is 1.31. The van der Waals surface area contributed by atoms with Crippen LogP contribution in [0.4, 0.5) is 13.2 Å². The van der Waals surface area contributed by atoms with Gasteiger partial charge >= 0.3 is 12.1 Å². The molecule has 3 aromatic carbocycles. The smallest absolute Gasteiger partial charge is 0.417 e. The predicted octanol–water partition coefficient (Wildman–Crippen LogP) is 6.41. The second-order valence-electron chi connectivity index (χ2n) is 7.68. The van der Waals surface area contributed by atoms with Crippen molar-refractivity contribution >= 4 is 23.4 Å². The molecule has 0 radical (unpaired) electrons. The van der Waals surface area contributed by atoms with Gasteiger partial charge in [0.25, 0.3) is 0 Å². The number of halogens is 4. The lowest BCUT2D eigenvalue weighted by atomic mass is 9.93. The summed E-state index contributed by atoms with van der Waals surface area (Å²) in [6.07, 6.45) is -3.68. The number of alkyl halides is 3. The monoisotopic (exact) mass is 458 g/mol. The van der Waals surface area contributed by atoms with Gasteiger partial charge in [0, 0.05) is 11.5 Å². The fourth-order valence-corrected chi connectivity index (χ4v) is 4.35. The van der Waals surface area contributed by atoms with Gasteiger partial charge in [0.05, 0.1) is 23.3 Å². The molecule has 1 aliphatic carbocycles. The molecule has 7 heteroatoms. The minimum atomic E-state index is -4.57. The standard InChI is InChI=1S/C25H18ClF3O3/c1-32-24(31)15-7-5-14(6-8-15)11-17-12-20-18(3-2-4-19(20)23(17)30)16-9-10-22(26)21(13-16)25(27,28)29/h2-10,13,17H,11-12H2,1H3. The van der Waals surface area contributed by atoms with Crippen LogP contribution in [0.1, 0.15) is 37.4 Å². The Morgan fingerprint density at radius 3 is 2.41 bits per heavy atom. The number of esters is 1. The highest BCUT2D eigenvalue weighted by Gasteiger charge is 2.35. The van der Waals surface area contributed by atoms with E-state index in [4.69, 9.17) is 11.6 Å². The maximum atomic E-state index is 13.3. The first kappa shape index (κ1) is 22.1. The van der Waals surface area contributed by atoms with Crippen LogP contribution in [-0.4, -0.2) is 18.9 Å². The van der Waals surface area contributed by atoms with E-state index >= 15 is 0 Å². The maximum absolute atomic E-state index is 13.3. The Balaban J connectivity index is 1.63. The summed E-state index contributed by atoms with van der Waals surface area (Å²) in [5, 5.41) is -0.363. The van der Waals surface area contributed by atoms with Gasteiger partial charge in [-0.05, 0) is 59.4 Å². The van der Waals surface area contributed by atoms with Crippen LogP contribution in [0.25, 0.3) is 11.1 Å². The second kappa shape index (κ2) is 8.43. The topological polar surface area (TPSA) is 43.4 Å². The van der Waals surface area contributed by atoms with Crippen LogP contribution in [0.2, 0.25) is 5.02 Å². The van der Waals surface area contributed by atoms with Gasteiger partial charge in [-0.1, -0.05) is 48.0 Å². The molecule has 1 atom stereocenters. The Morgan fingerprint density at radius 1 is 1.06 bits per heavy atom. The van der Waals surface area contributed by atoms with Crippen LogP contribution in [0.5, 0.6) is 0 Å². The van der Waals surface area contributed by atoms with E-state index in [-0.39, 0.29) is 16.7 Å². The van der Waals surface area contributed by atoms with Crippen molar-refractivity contribution < 1.29 is 27.5 Å². The number of rotatable bonds is 4. The van der Waals surface area contributed by atoms with E-state index < -0.39 is 17.7 Å². The Labute approximate surface area is 187 Å². The largest absolute Gasteiger partial charge is 0.465 e. The van der Waals surface area contributed by atoms with E-state index in [0.717, 1.165) is 17.2 Å². The molecule has 0 aliphatic heterocycles. The van der Waals surface area contributed by atoms with Gasteiger partial charge in [-0.15, -0.1) is 0 Å². The molecule has 0 saturated carbocycles. The molecular formula is C25H18ClF3O3. The Bertz CT molecular complexity index is 1200. The van der Waals surface area contributed by atoms with Crippen molar-refractivity contribution in [1.82, 2.24) is 0 Å². The van der Waals surface area contributed by atoms with Crippen molar-refractivity contribution in [2.24, 2.45) is 5.92 Å². The molecule has 0 saturated heterocycles. The molecule has 32 heavy (non-hydrogen) atoms. The maximum Gasteiger partial charge on any atom is 0.417 e. The molecule has 0 amide bonds. The van der Waals surface area contributed by atoms with Crippen LogP contribution in [0, 0.1) is 5.92 Å². The van der Waals surface area contributed by atoms with Crippen LogP contribution >= 0.6 is 11.6 Å². The number of ether oxygens (including phenoxy) is 1. The highest BCUT2D eigenvalue weighted by Crippen LogP contribution is 2.40. The molecule has 1 aliphatic rings. The molecule has 0 heterocycles. The number of carbonyl (C=O) groups excluding carboxylic acids is 2. The van der Waals surface area contributed by atoms with Crippen LogP contribution in [0.3, 0.4) is 0 Å². The van der Waals surface area contributed by atoms with Gasteiger partial charge in [-0.25, -0.2) is 4.79 Å². The van der Waals surface area contributed by atoms with Crippen LogP contribution in [0.15, 0.2) is 60.7 Å². The highest BCUT2D eigenvalue weighted by molar-refractivity contribution is 6.31. The average molecular weight is 459 g/mol. The summed E-state index contributed by atoms with van der Waals surface area (Å²) < 4.78 is 44.6. The lowest BCUT2D eigenvalue weighted by Gasteiger charge is -2.13. The minimum absolute atomic E-state index is 0.0381. The summed E-state index contributed by atoms with van der Waals surface area (Å²) in [5.41, 5.74) is 2.64. The fourth-order valence-electron chi connectivity index (χ4n) is 4.12. The predicted molar refractivity (Wildman–Crippen MR) is 115 cm³/mol. The summed E-state index contributed by atoms with van der Waals surface area (Å²) in [4.78, 5) is 24.6. The van der Waals surface area contributed by atoms with E-state index in [1.807, 2.05) is 0 Å². The number of ketones is 1. The Kier molecular flexibility index (Phi) is 5.82. The van der Waals surface area contributed by atoms with Crippen molar-refractivity contribution in [3.63, 3.8) is 0 Å². The van der Waals surface area contributed by atoms with E-state index in [9.17, 15) is 22.8 Å². The first-order valence-electron chi connectivity index (χ1n) is 9.89. The second-order valence-corrected chi connectivity index (χ2v) is 8.09. The van der Waals surface area contributed by atoms with Gasteiger partial charge in [-0.2, -0.15) is 13.2 Å². The van der Waals surface area contributed by atoms with Gasteiger partial charge in [0.1, 0.15) is 0 Å². The third-order valence-electron chi connectivity index (χ3n) is 5.70. The van der Waals surface area contributed by atoms with E-state index in [0.29, 0.717) is 35.1 Å². The lowest BCUT2D eigenvalue weighted by molar-refractivity contribution is -0.137. The number of hydrogen-bond acceptors (Lipinski definition) is 3. The molecule has 0 N–H and O–H groups in total. The van der Waals surface area contributed by atoms with Gasteiger partial charge in [-0.3, -0.25) is 4.79 Å². The summed E-state index contributed by atoms with van der Waals surface area (Å²) in [6, 6.07) is 15.8. The molecule has 0 spiro atoms. The van der Waals surface area contributed by atoms with Gasteiger partial charge in [0.15, 0.2) is 5.78 Å². The zero-order valence-corrected chi connectivity index (χ0v) is 17.8. The van der Waals surface area contributed by atoms with Crippen molar-refractivity contribution in [1.29, 1.82) is 0 Å². The van der Waals surface area contributed by atoms with E-state index in [2.05, 4.69) is 4.74 Å². The van der Waals surface area contributed by atoms with Crippen LogP contribution in [-0.2, 0) is 23.8 Å². The third-order valence-corrected chi connectivity index (χ3v) is 6.03. The number of hydrogen-bond donors (Lipinski definition) is 0. The number of fused-ring (bicyclic) bond motifs is 1. The number of benzene rings is 3. The molecule has 3 nitrogen and oxygen atoms in total. The van der Waals surface area contributed by atoms with Crippen LogP contribution < -0.4 is 0 Å². The normalized spacial score (nSPS) is 15.5. The summed E-state index contributed by atoms with van der Waals surface area (Å²) in [6.45, 7) is 0. The fraction of sp³-hybridized carbons (Fsp3) is 0.200. The number of Topliss-reactive ketones (excluding diaryl/α,β-unsaturated/α-hetero) is 1. The highest BCUT2D eigenvalue weighted by atomic mass is 35.5. The Morgan fingerprint density at radius 2 is 1.75 bits per heavy atom. The summed E-state index contributed by atoms with van der Waals surface area (Å²) in [5.74, 6) is -0.805. The molecular weight excluding hydrogens is 441 g/mol. The zero-order valence-electron chi connectivity index (χ0n) is 17.0. The number of carbonyl (C=O) groups is 2. The molecule has 0 bridgehead atoms. The first-order chi connectivity index (χ1) is 15.2. The van der Waals surface area contributed by atoms with E-state index in [1.165, 1.54) is 19.2 Å². The summed E-state index contributed by atoms with van der Waals surface area (Å²) >= 11 is 5.76. The first-order valence-corrected chi connectivity index (χ1v) is 10.3. The Hall–Kier alpha value is -3.12. The van der Waals surface area contributed by atoms with Crippen molar-refractivity contribution in [2.45, 2.75) is 19.0 Å². The van der Waals surface area contributed by atoms with E-state index in [1.54, 1.807) is 42.5 Å². The molecule has 0 aromatic heterocycles. The SMILES string of the molecule is COC(=O)c1ccc(CC2Cc3c(cccc3-c3ccc(Cl)c(C(F)(F)F)c3)C2=O)cc1. The molecule has 3 aromatic rings. The van der Waals surface area contributed by atoms with Gasteiger partial charge < -0.3 is 4.74 Å². The average Bonchev–Trinajstić information content (AvgIpc) is 3.09. The molecule has 4 rings (SSSR count). The zero-order chi connectivity index (χ0) is 23.0. The molecule has 0 fully saturated rings. The van der Waals surface area contributed by atoms with Crippen molar-refractivity contribution in [3.05, 3.63) is 93.5 Å². The van der Waals surface area contributed by atoms with Crippen molar-refractivity contribution in [2.75, 3.05) is 7.11 Å². The molecule has 1 unspecified atom stereocenters. The third kappa shape index (κ3) is 4.15. The molecule has 164 valence electrons. The van der Waals surface area contributed by atoms with Crippen molar-refractivity contribution in [3.8, 4) is 11.1 Å². The quantitative estimate of drug-likeness (QED) is 0.424.